The van der Waals surface area contributed by atoms with Gasteiger partial charge < -0.3 is 20.1 Å². The van der Waals surface area contributed by atoms with Crippen LogP contribution in [0.3, 0.4) is 0 Å². The molecule has 2 atom stereocenters. The van der Waals surface area contributed by atoms with Crippen LogP contribution in [0.15, 0.2) is 61.1 Å². The molecule has 3 heterocycles. The van der Waals surface area contributed by atoms with Crippen molar-refractivity contribution in [2.45, 2.75) is 25.9 Å². The second kappa shape index (κ2) is 8.69. The Bertz CT molecular complexity index is 1110. The minimum absolute atomic E-state index is 0.0783. The average Bonchev–Trinajstić information content (AvgIpc) is 3.32. The number of rotatable bonds is 5. The number of nitrogens with zero attached hydrogens (tertiary/aromatic N) is 3. The third-order valence-electron chi connectivity index (χ3n) is 5.31. The van der Waals surface area contributed by atoms with Gasteiger partial charge in [0.1, 0.15) is 0 Å². The second-order valence-corrected chi connectivity index (χ2v) is 8.71. The molecule has 1 aliphatic heterocycles. The Morgan fingerprint density at radius 1 is 1.26 bits per heavy atom. The topological polar surface area (TPSA) is 62.2 Å². The number of anilines is 2. The van der Waals surface area contributed by atoms with Crippen molar-refractivity contribution < 1.29 is 4.79 Å². The molecule has 0 unspecified atom stereocenters. The SMILES string of the molecule is CC(C)C(=O)Nc1ccc(N2C(=S)N[C@@H](c3ccccn3)[C@H]2c2ccn(C)c2)cc1Cl. The van der Waals surface area contributed by atoms with E-state index in [1.165, 1.54) is 0 Å². The first-order chi connectivity index (χ1) is 14.8. The zero-order valence-corrected chi connectivity index (χ0v) is 19.1. The molecule has 2 aromatic heterocycles. The summed E-state index contributed by atoms with van der Waals surface area (Å²) < 4.78 is 2.02. The van der Waals surface area contributed by atoms with Crippen LogP contribution in [-0.2, 0) is 11.8 Å². The minimum Gasteiger partial charge on any atom is -0.357 e. The molecule has 1 fully saturated rings. The lowest BCUT2D eigenvalue weighted by molar-refractivity contribution is -0.118. The average molecular weight is 454 g/mol. The zero-order valence-electron chi connectivity index (χ0n) is 17.5. The third kappa shape index (κ3) is 4.29. The smallest absolute Gasteiger partial charge is 0.226 e. The number of halogens is 1. The molecule has 1 amide bonds. The van der Waals surface area contributed by atoms with Gasteiger partial charge in [-0.05, 0) is 54.2 Å². The fourth-order valence-electron chi connectivity index (χ4n) is 3.70. The van der Waals surface area contributed by atoms with Crippen molar-refractivity contribution in [1.29, 1.82) is 0 Å². The standard InChI is InChI=1S/C23H24ClN5OS/c1-14(2)22(30)26-18-8-7-16(12-17(18)24)29-21(15-9-11-28(3)13-15)20(27-23(29)31)19-6-4-5-10-25-19/h4-14,20-21H,1-3H3,(H,26,30)(H,27,31)/t20-,21+/m0/s1. The summed E-state index contributed by atoms with van der Waals surface area (Å²) in [6.45, 7) is 3.68. The molecule has 0 radical (unpaired) electrons. The molecule has 0 spiro atoms. The normalized spacial score (nSPS) is 18.4. The molecule has 1 aromatic carbocycles. The Balaban J connectivity index is 1.73. The highest BCUT2D eigenvalue weighted by atomic mass is 35.5. The number of hydrogen-bond acceptors (Lipinski definition) is 3. The number of amides is 1. The van der Waals surface area contributed by atoms with E-state index < -0.39 is 0 Å². The van der Waals surface area contributed by atoms with Gasteiger partial charge >= 0.3 is 0 Å². The number of pyridine rings is 1. The molecule has 1 saturated heterocycles. The monoisotopic (exact) mass is 453 g/mol. The van der Waals surface area contributed by atoms with E-state index >= 15 is 0 Å². The van der Waals surface area contributed by atoms with Crippen molar-refractivity contribution in [3.8, 4) is 0 Å². The van der Waals surface area contributed by atoms with Crippen LogP contribution in [0, 0.1) is 5.92 Å². The first-order valence-electron chi connectivity index (χ1n) is 10.1. The van der Waals surface area contributed by atoms with Gasteiger partial charge in [0.25, 0.3) is 0 Å². The van der Waals surface area contributed by atoms with Crippen molar-refractivity contribution in [1.82, 2.24) is 14.9 Å². The predicted molar refractivity (Wildman–Crippen MR) is 128 cm³/mol. The Labute approximate surface area is 192 Å². The van der Waals surface area contributed by atoms with Gasteiger partial charge in [-0.2, -0.15) is 0 Å². The Kier molecular flexibility index (Phi) is 5.98. The third-order valence-corrected chi connectivity index (χ3v) is 5.93. The van der Waals surface area contributed by atoms with Gasteiger partial charge in [0.2, 0.25) is 5.91 Å². The molecule has 0 aliphatic carbocycles. The van der Waals surface area contributed by atoms with Crippen molar-refractivity contribution >= 4 is 46.2 Å². The van der Waals surface area contributed by atoms with Gasteiger partial charge in [0.15, 0.2) is 5.11 Å². The molecule has 31 heavy (non-hydrogen) atoms. The lowest BCUT2D eigenvalue weighted by atomic mass is 9.98. The number of aryl methyl sites for hydroxylation is 1. The van der Waals surface area contributed by atoms with Crippen LogP contribution < -0.4 is 15.5 Å². The summed E-state index contributed by atoms with van der Waals surface area (Å²) in [6.07, 6.45) is 5.89. The zero-order chi connectivity index (χ0) is 22.1. The van der Waals surface area contributed by atoms with Crippen LogP contribution in [0.2, 0.25) is 5.02 Å². The number of aromatic nitrogens is 2. The largest absolute Gasteiger partial charge is 0.357 e. The summed E-state index contributed by atoms with van der Waals surface area (Å²) in [6, 6.07) is 13.3. The number of hydrogen-bond donors (Lipinski definition) is 2. The van der Waals surface area contributed by atoms with Crippen molar-refractivity contribution in [2.75, 3.05) is 10.2 Å². The van der Waals surface area contributed by atoms with Crippen molar-refractivity contribution in [2.24, 2.45) is 13.0 Å². The molecule has 0 saturated carbocycles. The van der Waals surface area contributed by atoms with E-state index in [-0.39, 0.29) is 23.9 Å². The van der Waals surface area contributed by atoms with Gasteiger partial charge in [-0.3, -0.25) is 9.78 Å². The molecule has 160 valence electrons. The number of benzene rings is 1. The van der Waals surface area contributed by atoms with Crippen LogP contribution >= 0.6 is 23.8 Å². The highest BCUT2D eigenvalue weighted by Crippen LogP contribution is 2.42. The summed E-state index contributed by atoms with van der Waals surface area (Å²) in [5.74, 6) is -0.210. The quantitative estimate of drug-likeness (QED) is 0.541. The van der Waals surface area contributed by atoms with Crippen LogP contribution in [0.4, 0.5) is 11.4 Å². The first-order valence-corrected chi connectivity index (χ1v) is 10.9. The molecular formula is C23H24ClN5OS. The molecule has 0 bridgehead atoms. The maximum absolute atomic E-state index is 12.1. The fourth-order valence-corrected chi connectivity index (χ4v) is 4.27. The summed E-state index contributed by atoms with van der Waals surface area (Å²) in [7, 11) is 1.99. The minimum atomic E-state index is -0.132. The lowest BCUT2D eigenvalue weighted by Crippen LogP contribution is -2.29. The Morgan fingerprint density at radius 2 is 2.06 bits per heavy atom. The molecule has 3 aromatic rings. The molecule has 8 heteroatoms. The molecule has 4 rings (SSSR count). The van der Waals surface area contributed by atoms with E-state index in [9.17, 15) is 4.79 Å². The Morgan fingerprint density at radius 3 is 2.68 bits per heavy atom. The van der Waals surface area contributed by atoms with Crippen LogP contribution in [0.25, 0.3) is 0 Å². The van der Waals surface area contributed by atoms with Crippen molar-refractivity contribution in [3.05, 3.63) is 77.3 Å². The summed E-state index contributed by atoms with van der Waals surface area (Å²) in [4.78, 5) is 18.7. The summed E-state index contributed by atoms with van der Waals surface area (Å²) in [5, 5.41) is 7.36. The van der Waals surface area contributed by atoms with E-state index in [1.807, 2.05) is 68.1 Å². The fraction of sp³-hybridized carbons (Fsp3) is 0.261. The summed E-state index contributed by atoms with van der Waals surface area (Å²) in [5.41, 5.74) is 3.45. The van der Waals surface area contributed by atoms with Crippen LogP contribution in [0.1, 0.15) is 37.2 Å². The first kappa shape index (κ1) is 21.3. The molecular weight excluding hydrogens is 430 g/mol. The number of thiocarbonyl (C=S) groups is 1. The predicted octanol–water partition coefficient (Wildman–Crippen LogP) is 4.85. The van der Waals surface area contributed by atoms with Gasteiger partial charge in [0, 0.05) is 37.2 Å². The summed E-state index contributed by atoms with van der Waals surface area (Å²) >= 11 is 12.3. The number of carbonyl (C=O) groups is 1. The van der Waals surface area contributed by atoms with E-state index in [0.717, 1.165) is 16.9 Å². The van der Waals surface area contributed by atoms with Gasteiger partial charge in [0.05, 0.1) is 28.5 Å². The molecule has 1 aliphatic rings. The maximum Gasteiger partial charge on any atom is 0.226 e. The molecule has 6 nitrogen and oxygen atoms in total. The van der Waals surface area contributed by atoms with Gasteiger partial charge in [-0.15, -0.1) is 0 Å². The van der Waals surface area contributed by atoms with E-state index in [1.54, 1.807) is 6.20 Å². The van der Waals surface area contributed by atoms with E-state index in [4.69, 9.17) is 23.8 Å². The number of nitrogens with one attached hydrogen (secondary N) is 2. The van der Waals surface area contributed by atoms with Gasteiger partial charge in [-0.1, -0.05) is 31.5 Å². The number of carbonyl (C=O) groups excluding carboxylic acids is 1. The maximum atomic E-state index is 12.1. The van der Waals surface area contributed by atoms with Crippen LogP contribution in [0.5, 0.6) is 0 Å². The molecule has 2 N–H and O–H groups in total. The Hall–Kier alpha value is -2.90. The van der Waals surface area contributed by atoms with Gasteiger partial charge in [-0.25, -0.2) is 0 Å². The second-order valence-electron chi connectivity index (χ2n) is 7.92. The van der Waals surface area contributed by atoms with Crippen LogP contribution in [-0.4, -0.2) is 20.6 Å². The van der Waals surface area contributed by atoms with E-state index in [0.29, 0.717) is 15.8 Å². The lowest BCUT2D eigenvalue weighted by Gasteiger charge is -2.27. The highest BCUT2D eigenvalue weighted by Gasteiger charge is 2.41. The highest BCUT2D eigenvalue weighted by molar-refractivity contribution is 7.80. The van der Waals surface area contributed by atoms with Crippen molar-refractivity contribution in [3.63, 3.8) is 0 Å². The van der Waals surface area contributed by atoms with E-state index in [2.05, 4.69) is 32.8 Å².